The third-order valence-corrected chi connectivity index (χ3v) is 5.23. The zero-order valence-electron chi connectivity index (χ0n) is 14.9. The number of carbonyl (C=O) groups excluding carboxylic acids is 1. The molecular formula is C20H17ClN4O3. The van der Waals surface area contributed by atoms with Crippen LogP contribution in [-0.4, -0.2) is 46.9 Å². The molecule has 1 saturated heterocycles. The first-order valence-electron chi connectivity index (χ1n) is 8.86. The van der Waals surface area contributed by atoms with Gasteiger partial charge in [-0.2, -0.15) is 0 Å². The smallest absolute Gasteiger partial charge is 0.271 e. The van der Waals surface area contributed by atoms with Crippen LogP contribution in [0.3, 0.4) is 0 Å². The van der Waals surface area contributed by atoms with Gasteiger partial charge >= 0.3 is 0 Å². The summed E-state index contributed by atoms with van der Waals surface area (Å²) in [6.45, 7) is 2.30. The molecule has 0 bridgehead atoms. The van der Waals surface area contributed by atoms with Crippen LogP contribution in [0, 0.1) is 10.1 Å². The number of aromatic nitrogens is 1. The van der Waals surface area contributed by atoms with Gasteiger partial charge in [-0.1, -0.05) is 29.8 Å². The van der Waals surface area contributed by atoms with E-state index in [2.05, 4.69) is 4.98 Å². The Morgan fingerprint density at radius 3 is 2.54 bits per heavy atom. The number of non-ortho nitro benzene ring substituents is 1. The number of fused-ring (bicyclic) bond motifs is 1. The molecule has 0 aliphatic carbocycles. The number of rotatable bonds is 3. The summed E-state index contributed by atoms with van der Waals surface area (Å²) >= 11 is 6.23. The van der Waals surface area contributed by atoms with E-state index >= 15 is 0 Å². The first kappa shape index (κ1) is 18.2. The lowest BCUT2D eigenvalue weighted by Crippen LogP contribution is -2.49. The first-order chi connectivity index (χ1) is 13.5. The molecule has 142 valence electrons. The predicted molar refractivity (Wildman–Crippen MR) is 108 cm³/mol. The molecule has 8 heteroatoms. The molecule has 1 aliphatic rings. The van der Waals surface area contributed by atoms with E-state index in [4.69, 9.17) is 11.6 Å². The molecule has 1 amide bonds. The van der Waals surface area contributed by atoms with Crippen molar-refractivity contribution in [2.45, 2.75) is 0 Å². The summed E-state index contributed by atoms with van der Waals surface area (Å²) < 4.78 is 0. The number of halogens is 1. The highest BCUT2D eigenvalue weighted by Crippen LogP contribution is 2.30. The van der Waals surface area contributed by atoms with Crippen LogP contribution in [0.25, 0.3) is 10.9 Å². The number of hydrogen-bond donors (Lipinski definition) is 0. The zero-order chi connectivity index (χ0) is 19.7. The van der Waals surface area contributed by atoms with Gasteiger partial charge in [-0.3, -0.25) is 19.9 Å². The molecule has 0 spiro atoms. The van der Waals surface area contributed by atoms with Crippen LogP contribution in [0.2, 0.25) is 5.02 Å². The number of nitro benzene ring substituents is 1. The third kappa shape index (κ3) is 3.36. The highest BCUT2D eigenvalue weighted by molar-refractivity contribution is 6.33. The number of nitro groups is 1. The largest absolute Gasteiger partial charge is 0.367 e. The zero-order valence-corrected chi connectivity index (χ0v) is 15.7. The molecule has 1 aliphatic heterocycles. The molecule has 0 saturated carbocycles. The number of piperazine rings is 1. The molecule has 0 unspecified atom stereocenters. The molecule has 2 aromatic carbocycles. The monoisotopic (exact) mass is 396 g/mol. The Hall–Kier alpha value is -3.19. The number of nitrogens with zero attached hydrogens (tertiary/aromatic N) is 4. The fourth-order valence-corrected chi connectivity index (χ4v) is 3.76. The van der Waals surface area contributed by atoms with E-state index < -0.39 is 4.92 Å². The Bertz CT molecular complexity index is 1060. The fourth-order valence-electron chi connectivity index (χ4n) is 3.47. The van der Waals surface area contributed by atoms with Gasteiger partial charge in [0.05, 0.1) is 26.7 Å². The summed E-state index contributed by atoms with van der Waals surface area (Å²) in [5.41, 5.74) is 2.15. The third-order valence-electron chi connectivity index (χ3n) is 4.93. The van der Waals surface area contributed by atoms with E-state index in [1.165, 1.54) is 12.1 Å². The maximum atomic E-state index is 13.0. The SMILES string of the molecule is O=C(c1ccnc2ccccc12)N1CCN(c2ccc([N+](=O)[O-])cc2Cl)CC1. The van der Waals surface area contributed by atoms with Crippen molar-refractivity contribution in [2.24, 2.45) is 0 Å². The van der Waals surface area contributed by atoms with Crippen LogP contribution < -0.4 is 4.90 Å². The number of hydrogen-bond acceptors (Lipinski definition) is 5. The van der Waals surface area contributed by atoms with Crippen molar-refractivity contribution >= 4 is 39.8 Å². The normalized spacial score (nSPS) is 14.3. The lowest BCUT2D eigenvalue weighted by molar-refractivity contribution is -0.384. The van der Waals surface area contributed by atoms with Gasteiger partial charge < -0.3 is 9.80 Å². The van der Waals surface area contributed by atoms with Crippen LogP contribution in [-0.2, 0) is 0 Å². The van der Waals surface area contributed by atoms with E-state index in [-0.39, 0.29) is 11.6 Å². The fraction of sp³-hybridized carbons (Fsp3) is 0.200. The lowest BCUT2D eigenvalue weighted by Gasteiger charge is -2.36. The van der Waals surface area contributed by atoms with E-state index in [1.807, 2.05) is 34.1 Å². The molecular weight excluding hydrogens is 380 g/mol. The number of pyridine rings is 1. The predicted octanol–water partition coefficient (Wildman–Crippen LogP) is 3.76. The van der Waals surface area contributed by atoms with E-state index in [9.17, 15) is 14.9 Å². The van der Waals surface area contributed by atoms with Crippen molar-refractivity contribution in [2.75, 3.05) is 31.1 Å². The van der Waals surface area contributed by atoms with Crippen LogP contribution in [0.5, 0.6) is 0 Å². The van der Waals surface area contributed by atoms with Crippen molar-refractivity contribution in [1.82, 2.24) is 9.88 Å². The summed E-state index contributed by atoms with van der Waals surface area (Å²) in [6.07, 6.45) is 1.66. The summed E-state index contributed by atoms with van der Waals surface area (Å²) in [5, 5.41) is 12.1. The van der Waals surface area contributed by atoms with Gasteiger partial charge in [0.25, 0.3) is 11.6 Å². The van der Waals surface area contributed by atoms with Crippen LogP contribution in [0.4, 0.5) is 11.4 Å². The number of benzene rings is 2. The van der Waals surface area contributed by atoms with Gasteiger partial charge in [0.1, 0.15) is 0 Å². The molecule has 4 rings (SSSR count). The second-order valence-electron chi connectivity index (χ2n) is 6.55. The Morgan fingerprint density at radius 1 is 1.07 bits per heavy atom. The highest BCUT2D eigenvalue weighted by atomic mass is 35.5. The maximum Gasteiger partial charge on any atom is 0.271 e. The quantitative estimate of drug-likeness (QED) is 0.497. The molecule has 1 fully saturated rings. The van der Waals surface area contributed by atoms with Gasteiger partial charge in [0.15, 0.2) is 0 Å². The minimum absolute atomic E-state index is 0.0203. The topological polar surface area (TPSA) is 79.6 Å². The van der Waals surface area contributed by atoms with Crippen LogP contribution in [0.1, 0.15) is 10.4 Å². The first-order valence-corrected chi connectivity index (χ1v) is 9.24. The van der Waals surface area contributed by atoms with Gasteiger partial charge in [-0.05, 0) is 18.2 Å². The molecule has 0 atom stereocenters. The molecule has 2 heterocycles. The second kappa shape index (κ2) is 7.44. The number of amides is 1. The van der Waals surface area contributed by atoms with E-state index in [0.717, 1.165) is 16.6 Å². The van der Waals surface area contributed by atoms with E-state index in [1.54, 1.807) is 18.3 Å². The van der Waals surface area contributed by atoms with Gasteiger partial charge in [-0.25, -0.2) is 0 Å². The minimum atomic E-state index is -0.467. The highest BCUT2D eigenvalue weighted by Gasteiger charge is 2.25. The van der Waals surface area contributed by atoms with Crippen molar-refractivity contribution in [3.8, 4) is 0 Å². The number of anilines is 1. The summed E-state index contributed by atoms with van der Waals surface area (Å²) in [6, 6.07) is 13.8. The molecule has 28 heavy (non-hydrogen) atoms. The van der Waals surface area contributed by atoms with Crippen LogP contribution >= 0.6 is 11.6 Å². The average molecular weight is 397 g/mol. The molecule has 0 radical (unpaired) electrons. The summed E-state index contributed by atoms with van der Waals surface area (Å²) in [5.74, 6) is -0.0203. The van der Waals surface area contributed by atoms with Gasteiger partial charge in [-0.15, -0.1) is 0 Å². The average Bonchev–Trinajstić information content (AvgIpc) is 2.73. The Kier molecular flexibility index (Phi) is 4.83. The summed E-state index contributed by atoms with van der Waals surface area (Å²) in [4.78, 5) is 31.6. The molecule has 1 aromatic heterocycles. The molecule has 0 N–H and O–H groups in total. The lowest BCUT2D eigenvalue weighted by atomic mass is 10.1. The number of carbonyl (C=O) groups is 1. The van der Waals surface area contributed by atoms with E-state index in [0.29, 0.717) is 36.8 Å². The maximum absolute atomic E-state index is 13.0. The molecule has 3 aromatic rings. The molecule has 7 nitrogen and oxygen atoms in total. The standard InChI is InChI=1S/C20H17ClN4O3/c21-17-13-14(25(27)28)5-6-19(17)23-9-11-24(12-10-23)20(26)16-7-8-22-18-4-2-1-3-15(16)18/h1-8,13H,9-12H2. The van der Waals surface area contributed by atoms with Crippen molar-refractivity contribution < 1.29 is 9.72 Å². The Labute approximate surface area is 166 Å². The minimum Gasteiger partial charge on any atom is -0.367 e. The van der Waals surface area contributed by atoms with Crippen molar-refractivity contribution in [3.63, 3.8) is 0 Å². The summed E-state index contributed by atoms with van der Waals surface area (Å²) in [7, 11) is 0. The van der Waals surface area contributed by atoms with Crippen LogP contribution in [0.15, 0.2) is 54.7 Å². The Morgan fingerprint density at radius 2 is 1.82 bits per heavy atom. The Balaban J connectivity index is 1.50. The van der Waals surface area contributed by atoms with Gasteiger partial charge in [0.2, 0.25) is 0 Å². The van der Waals surface area contributed by atoms with Crippen molar-refractivity contribution in [3.05, 3.63) is 75.4 Å². The number of para-hydroxylation sites is 1. The van der Waals surface area contributed by atoms with Gasteiger partial charge in [0, 0.05) is 49.9 Å². The second-order valence-corrected chi connectivity index (χ2v) is 6.95. The van der Waals surface area contributed by atoms with Crippen molar-refractivity contribution in [1.29, 1.82) is 0 Å².